The Kier molecular flexibility index (Phi) is 4.26. The molecule has 2 aromatic carbocycles. The predicted molar refractivity (Wildman–Crippen MR) is 97.6 cm³/mol. The van der Waals surface area contributed by atoms with Crippen molar-refractivity contribution >= 4 is 23.3 Å². The molecule has 1 aliphatic heterocycles. The molecule has 1 aromatic heterocycles. The number of benzene rings is 2. The molecule has 4 rings (SSSR count). The third kappa shape index (κ3) is 2.99. The van der Waals surface area contributed by atoms with Gasteiger partial charge in [0, 0.05) is 23.1 Å². The Morgan fingerprint density at radius 1 is 1.19 bits per heavy atom. The van der Waals surface area contributed by atoms with Crippen LogP contribution >= 0.6 is 11.6 Å². The number of ether oxygens (including phenoxy) is 1. The van der Waals surface area contributed by atoms with Crippen molar-refractivity contribution in [3.05, 3.63) is 76.3 Å². The number of halogens is 1. The average molecular weight is 367 g/mol. The summed E-state index contributed by atoms with van der Waals surface area (Å²) in [6.07, 6.45) is 0. The van der Waals surface area contributed by atoms with Crippen LogP contribution in [0.15, 0.2) is 53.5 Å². The van der Waals surface area contributed by atoms with Crippen LogP contribution in [-0.2, 0) is 22.7 Å². The van der Waals surface area contributed by atoms with E-state index in [2.05, 4.69) is 10.2 Å². The van der Waals surface area contributed by atoms with Crippen LogP contribution in [-0.4, -0.2) is 26.4 Å². The Balaban J connectivity index is 1.88. The lowest BCUT2D eigenvalue weighted by Gasteiger charge is -2.14. The molecule has 0 radical (unpaired) electrons. The van der Waals surface area contributed by atoms with Crippen LogP contribution in [0.1, 0.15) is 29.7 Å². The second-order valence-corrected chi connectivity index (χ2v) is 6.28. The summed E-state index contributed by atoms with van der Waals surface area (Å²) < 4.78 is 7.00. The molecule has 6 nitrogen and oxygen atoms in total. The van der Waals surface area contributed by atoms with Crippen molar-refractivity contribution < 1.29 is 9.53 Å². The summed E-state index contributed by atoms with van der Waals surface area (Å²) >= 11 is 6.26. The molecular weight excluding hydrogens is 352 g/mol. The fourth-order valence-electron chi connectivity index (χ4n) is 2.96. The molecule has 26 heavy (non-hydrogen) atoms. The highest BCUT2D eigenvalue weighted by Gasteiger charge is 2.23. The standard InChI is InChI=1S/C19H15ClN4O2/c1-12(25)26-11-18-23-22-17-10-21-19(13-5-3-2-4-6-13)15-9-14(20)7-8-16(15)24(17)18/h2-9H,10-11H2,1H3. The van der Waals surface area contributed by atoms with Gasteiger partial charge in [0.2, 0.25) is 0 Å². The number of esters is 1. The summed E-state index contributed by atoms with van der Waals surface area (Å²) in [5, 5.41) is 9.01. The fraction of sp³-hybridized carbons (Fsp3) is 0.158. The van der Waals surface area contributed by atoms with E-state index in [1.165, 1.54) is 6.92 Å². The maximum Gasteiger partial charge on any atom is 0.303 e. The van der Waals surface area contributed by atoms with Crippen molar-refractivity contribution in [2.75, 3.05) is 0 Å². The number of hydrogen-bond acceptors (Lipinski definition) is 5. The van der Waals surface area contributed by atoms with Gasteiger partial charge in [-0.05, 0) is 18.2 Å². The number of fused-ring (bicyclic) bond motifs is 3. The smallest absolute Gasteiger partial charge is 0.303 e. The molecular formula is C19H15ClN4O2. The number of carbonyl (C=O) groups excluding carboxylic acids is 1. The van der Waals surface area contributed by atoms with E-state index in [1.807, 2.05) is 53.1 Å². The van der Waals surface area contributed by atoms with Crippen LogP contribution in [0.4, 0.5) is 0 Å². The van der Waals surface area contributed by atoms with Gasteiger partial charge in [0.15, 0.2) is 18.3 Å². The van der Waals surface area contributed by atoms with Crippen LogP contribution in [0.5, 0.6) is 0 Å². The molecule has 0 unspecified atom stereocenters. The Morgan fingerprint density at radius 2 is 2.00 bits per heavy atom. The van der Waals surface area contributed by atoms with Gasteiger partial charge >= 0.3 is 5.97 Å². The molecule has 3 aromatic rings. The lowest BCUT2D eigenvalue weighted by molar-refractivity contribution is -0.142. The van der Waals surface area contributed by atoms with Gasteiger partial charge in [0.25, 0.3) is 0 Å². The molecule has 0 saturated carbocycles. The second-order valence-electron chi connectivity index (χ2n) is 5.84. The lowest BCUT2D eigenvalue weighted by atomic mass is 10.0. The molecule has 0 N–H and O–H groups in total. The first-order chi connectivity index (χ1) is 12.6. The van der Waals surface area contributed by atoms with E-state index in [4.69, 9.17) is 21.3 Å². The van der Waals surface area contributed by atoms with Gasteiger partial charge in [-0.1, -0.05) is 41.9 Å². The minimum Gasteiger partial charge on any atom is -0.458 e. The Bertz CT molecular complexity index is 1010. The molecule has 0 bridgehead atoms. The van der Waals surface area contributed by atoms with E-state index >= 15 is 0 Å². The van der Waals surface area contributed by atoms with Crippen molar-refractivity contribution in [1.29, 1.82) is 0 Å². The highest BCUT2D eigenvalue weighted by Crippen LogP contribution is 2.28. The van der Waals surface area contributed by atoms with Crippen molar-refractivity contribution in [3.8, 4) is 5.69 Å². The number of aliphatic imine (C=N–C) groups is 1. The third-order valence-electron chi connectivity index (χ3n) is 4.08. The Labute approximate surface area is 155 Å². The number of nitrogens with zero attached hydrogens (tertiary/aromatic N) is 4. The summed E-state index contributed by atoms with van der Waals surface area (Å²) in [6.45, 7) is 1.78. The van der Waals surface area contributed by atoms with Crippen molar-refractivity contribution in [1.82, 2.24) is 14.8 Å². The van der Waals surface area contributed by atoms with Crippen LogP contribution in [0, 0.1) is 0 Å². The predicted octanol–water partition coefficient (Wildman–Crippen LogP) is 3.33. The number of rotatable bonds is 3. The maximum atomic E-state index is 11.2. The fourth-order valence-corrected chi connectivity index (χ4v) is 3.14. The van der Waals surface area contributed by atoms with E-state index < -0.39 is 0 Å². The summed E-state index contributed by atoms with van der Waals surface area (Å²) in [5.41, 5.74) is 3.58. The highest BCUT2D eigenvalue weighted by atomic mass is 35.5. The number of aromatic nitrogens is 3. The minimum atomic E-state index is -0.367. The summed E-state index contributed by atoms with van der Waals surface area (Å²) in [7, 11) is 0. The molecule has 0 atom stereocenters. The van der Waals surface area contributed by atoms with Crippen molar-refractivity contribution in [2.45, 2.75) is 20.1 Å². The van der Waals surface area contributed by atoms with Crippen LogP contribution < -0.4 is 0 Å². The largest absolute Gasteiger partial charge is 0.458 e. The first-order valence-corrected chi connectivity index (χ1v) is 8.48. The Morgan fingerprint density at radius 3 is 2.77 bits per heavy atom. The summed E-state index contributed by atoms with van der Waals surface area (Å²) in [6, 6.07) is 15.5. The lowest BCUT2D eigenvalue weighted by Crippen LogP contribution is -2.11. The van der Waals surface area contributed by atoms with Gasteiger partial charge in [-0.15, -0.1) is 10.2 Å². The molecule has 0 saturated heterocycles. The van der Waals surface area contributed by atoms with Crippen LogP contribution in [0.25, 0.3) is 5.69 Å². The average Bonchev–Trinajstić information content (AvgIpc) is 2.97. The quantitative estimate of drug-likeness (QED) is 0.667. The SMILES string of the molecule is CC(=O)OCc1nnc2n1-c1ccc(Cl)cc1C(c1ccccc1)=NC2. The Hall–Kier alpha value is -2.99. The van der Waals surface area contributed by atoms with E-state index in [9.17, 15) is 4.79 Å². The normalized spacial score (nSPS) is 12.6. The highest BCUT2D eigenvalue weighted by molar-refractivity contribution is 6.31. The minimum absolute atomic E-state index is 0.0467. The molecule has 7 heteroatoms. The third-order valence-corrected chi connectivity index (χ3v) is 4.32. The molecule has 0 amide bonds. The van der Waals surface area contributed by atoms with Gasteiger partial charge in [-0.2, -0.15) is 0 Å². The topological polar surface area (TPSA) is 69.4 Å². The van der Waals surface area contributed by atoms with Gasteiger partial charge in [-0.3, -0.25) is 14.4 Å². The first kappa shape index (κ1) is 16.5. The molecule has 0 aliphatic carbocycles. The van der Waals surface area contributed by atoms with Crippen LogP contribution in [0.2, 0.25) is 5.02 Å². The summed E-state index contributed by atoms with van der Waals surface area (Å²) in [5.74, 6) is 0.860. The van der Waals surface area contributed by atoms with E-state index in [-0.39, 0.29) is 12.6 Å². The van der Waals surface area contributed by atoms with Gasteiger partial charge in [0.05, 0.1) is 11.4 Å². The molecule has 130 valence electrons. The molecule has 0 spiro atoms. The monoisotopic (exact) mass is 366 g/mol. The van der Waals surface area contributed by atoms with E-state index in [0.29, 0.717) is 23.2 Å². The first-order valence-electron chi connectivity index (χ1n) is 8.10. The molecule has 2 heterocycles. The zero-order chi connectivity index (χ0) is 18.1. The van der Waals surface area contributed by atoms with Gasteiger partial charge in [-0.25, -0.2) is 0 Å². The van der Waals surface area contributed by atoms with Gasteiger partial charge < -0.3 is 4.74 Å². The number of hydrogen-bond donors (Lipinski definition) is 0. The second kappa shape index (κ2) is 6.72. The van der Waals surface area contributed by atoms with E-state index in [1.54, 1.807) is 0 Å². The zero-order valence-electron chi connectivity index (χ0n) is 14.0. The van der Waals surface area contributed by atoms with E-state index in [0.717, 1.165) is 22.5 Å². The van der Waals surface area contributed by atoms with Crippen molar-refractivity contribution in [3.63, 3.8) is 0 Å². The van der Waals surface area contributed by atoms with Crippen molar-refractivity contribution in [2.24, 2.45) is 4.99 Å². The number of carbonyl (C=O) groups is 1. The maximum absolute atomic E-state index is 11.2. The summed E-state index contributed by atoms with van der Waals surface area (Å²) in [4.78, 5) is 15.9. The zero-order valence-corrected chi connectivity index (χ0v) is 14.8. The molecule has 0 fully saturated rings. The van der Waals surface area contributed by atoms with Gasteiger partial charge in [0.1, 0.15) is 6.54 Å². The van der Waals surface area contributed by atoms with Crippen LogP contribution in [0.3, 0.4) is 0 Å². The molecule has 1 aliphatic rings.